The lowest BCUT2D eigenvalue weighted by Gasteiger charge is -2.44. The van der Waals surface area contributed by atoms with Crippen LogP contribution in [0.1, 0.15) is 98.2 Å². The molecule has 0 spiro atoms. The van der Waals surface area contributed by atoms with E-state index in [0.29, 0.717) is 6.42 Å². The maximum atomic E-state index is 14.2. The number of carbonyl (C=O) groups excluding carboxylic acids is 3. The highest BCUT2D eigenvalue weighted by Crippen LogP contribution is 2.34. The quantitative estimate of drug-likeness (QED) is 0.523. The summed E-state index contributed by atoms with van der Waals surface area (Å²) in [7, 11) is 0. The number of rotatable bonds is 8. The van der Waals surface area contributed by atoms with Crippen molar-refractivity contribution in [2.75, 3.05) is 0 Å². The van der Waals surface area contributed by atoms with E-state index in [0.717, 1.165) is 30.4 Å². The minimum absolute atomic E-state index is 0.0613. The fraction of sp³-hybridized carbons (Fsp3) is 0.679. The summed E-state index contributed by atoms with van der Waals surface area (Å²) in [5.41, 5.74) is 0.648. The van der Waals surface area contributed by atoms with Crippen molar-refractivity contribution in [3.63, 3.8) is 0 Å². The third-order valence-corrected chi connectivity index (χ3v) is 5.80. The monoisotopic (exact) mass is 487 g/mol. The van der Waals surface area contributed by atoms with Crippen LogP contribution in [0, 0.1) is 12.8 Å². The fourth-order valence-electron chi connectivity index (χ4n) is 4.22. The SMILES string of the molecule is Cc1cccc(C(C(=O)NC(C)(C)C)N(C(=O)C(CC(C)C)NC(=O)OC(C)(C)C)C2CCC2)c1. The summed E-state index contributed by atoms with van der Waals surface area (Å²) in [5.74, 6) is -0.309. The molecule has 0 bridgehead atoms. The van der Waals surface area contributed by atoms with Gasteiger partial charge < -0.3 is 20.3 Å². The van der Waals surface area contributed by atoms with Crippen LogP contribution in [0.2, 0.25) is 0 Å². The summed E-state index contributed by atoms with van der Waals surface area (Å²) in [4.78, 5) is 42.2. The number of nitrogens with one attached hydrogen (secondary N) is 2. The molecule has 1 fully saturated rings. The Hall–Kier alpha value is -2.57. The van der Waals surface area contributed by atoms with Crippen molar-refractivity contribution in [1.29, 1.82) is 0 Å². The summed E-state index contributed by atoms with van der Waals surface area (Å²) in [6.45, 7) is 17.1. The minimum atomic E-state index is -0.791. The molecule has 1 saturated carbocycles. The van der Waals surface area contributed by atoms with E-state index in [2.05, 4.69) is 10.6 Å². The zero-order valence-corrected chi connectivity index (χ0v) is 23.0. The van der Waals surface area contributed by atoms with Gasteiger partial charge in [0.1, 0.15) is 17.7 Å². The lowest BCUT2D eigenvalue weighted by molar-refractivity contribution is -0.148. The Morgan fingerprint density at radius 3 is 2.17 bits per heavy atom. The molecule has 7 heteroatoms. The first kappa shape index (κ1) is 28.7. The highest BCUT2D eigenvalue weighted by atomic mass is 16.6. The van der Waals surface area contributed by atoms with Crippen LogP contribution in [0.15, 0.2) is 24.3 Å². The van der Waals surface area contributed by atoms with Crippen LogP contribution in [-0.4, -0.2) is 46.0 Å². The minimum Gasteiger partial charge on any atom is -0.444 e. The molecule has 2 atom stereocenters. The highest BCUT2D eigenvalue weighted by molar-refractivity contribution is 5.92. The van der Waals surface area contributed by atoms with Gasteiger partial charge in [0.25, 0.3) is 0 Å². The first-order valence-electron chi connectivity index (χ1n) is 12.8. The molecule has 0 saturated heterocycles. The molecule has 196 valence electrons. The van der Waals surface area contributed by atoms with Gasteiger partial charge in [0.2, 0.25) is 11.8 Å². The number of ether oxygens (including phenoxy) is 1. The number of hydrogen-bond acceptors (Lipinski definition) is 4. The smallest absolute Gasteiger partial charge is 0.408 e. The normalized spacial score (nSPS) is 16.2. The Labute approximate surface area is 211 Å². The van der Waals surface area contributed by atoms with Gasteiger partial charge in [-0.3, -0.25) is 9.59 Å². The third-order valence-electron chi connectivity index (χ3n) is 5.80. The zero-order chi connectivity index (χ0) is 26.6. The van der Waals surface area contributed by atoms with Crippen LogP contribution in [-0.2, 0) is 14.3 Å². The second kappa shape index (κ2) is 11.4. The topological polar surface area (TPSA) is 87.7 Å². The number of hydrogen-bond donors (Lipinski definition) is 2. The molecule has 2 rings (SSSR count). The number of carbonyl (C=O) groups is 3. The van der Waals surface area contributed by atoms with Gasteiger partial charge in [-0.25, -0.2) is 4.79 Å². The van der Waals surface area contributed by atoms with E-state index in [4.69, 9.17) is 4.74 Å². The Kier molecular flexibility index (Phi) is 9.37. The predicted molar refractivity (Wildman–Crippen MR) is 139 cm³/mol. The van der Waals surface area contributed by atoms with E-state index in [1.54, 1.807) is 25.7 Å². The molecule has 2 unspecified atom stereocenters. The number of aryl methyl sites for hydroxylation is 1. The summed E-state index contributed by atoms with van der Waals surface area (Å²) < 4.78 is 5.45. The lowest BCUT2D eigenvalue weighted by atomic mass is 9.87. The van der Waals surface area contributed by atoms with Crippen LogP contribution in [0.25, 0.3) is 0 Å². The summed E-state index contributed by atoms with van der Waals surface area (Å²) in [6.07, 6.45) is 2.48. The molecule has 2 N–H and O–H groups in total. The van der Waals surface area contributed by atoms with Crippen LogP contribution in [0.3, 0.4) is 0 Å². The molecule has 3 amide bonds. The first-order valence-corrected chi connectivity index (χ1v) is 12.8. The van der Waals surface area contributed by atoms with Crippen molar-refractivity contribution in [3.8, 4) is 0 Å². The summed E-state index contributed by atoms with van der Waals surface area (Å²) >= 11 is 0. The zero-order valence-electron chi connectivity index (χ0n) is 23.0. The number of alkyl carbamates (subject to hydrolysis) is 1. The average Bonchev–Trinajstić information content (AvgIpc) is 2.61. The van der Waals surface area contributed by atoms with Gasteiger partial charge in [-0.1, -0.05) is 43.7 Å². The average molecular weight is 488 g/mol. The van der Waals surface area contributed by atoms with Crippen molar-refractivity contribution >= 4 is 17.9 Å². The number of benzene rings is 1. The van der Waals surface area contributed by atoms with E-state index >= 15 is 0 Å². The van der Waals surface area contributed by atoms with Crippen LogP contribution < -0.4 is 10.6 Å². The standard InChI is InChI=1S/C28H45N3O4/c1-18(2)16-22(29-26(34)35-28(7,8)9)25(33)31(21-14-11-15-21)23(24(32)30-27(4,5)6)20-13-10-12-19(3)17-20/h10,12-13,17-18,21-23H,11,14-16H2,1-9H3,(H,29,34)(H,30,32). The Balaban J connectivity index is 2.50. The van der Waals surface area contributed by atoms with E-state index in [1.807, 2.05) is 65.8 Å². The molecule has 0 heterocycles. The molecular formula is C28H45N3O4. The summed E-state index contributed by atoms with van der Waals surface area (Å²) in [5, 5.41) is 5.89. The van der Waals surface area contributed by atoms with Crippen molar-refractivity contribution in [3.05, 3.63) is 35.4 Å². The number of nitrogens with zero attached hydrogens (tertiary/aromatic N) is 1. The third kappa shape index (κ3) is 8.86. The molecule has 0 aromatic heterocycles. The van der Waals surface area contributed by atoms with Crippen molar-refractivity contribution in [1.82, 2.24) is 15.5 Å². The molecular weight excluding hydrogens is 442 g/mol. The molecule has 1 aromatic carbocycles. The van der Waals surface area contributed by atoms with Crippen LogP contribution in [0.4, 0.5) is 4.79 Å². The molecule has 0 aliphatic heterocycles. The van der Waals surface area contributed by atoms with Gasteiger partial charge in [-0.15, -0.1) is 0 Å². The van der Waals surface area contributed by atoms with Gasteiger partial charge in [0.15, 0.2) is 0 Å². The second-order valence-electron chi connectivity index (χ2n) is 12.2. The van der Waals surface area contributed by atoms with E-state index in [9.17, 15) is 14.4 Å². The second-order valence-corrected chi connectivity index (χ2v) is 12.2. The van der Waals surface area contributed by atoms with Gasteiger partial charge >= 0.3 is 6.09 Å². The molecule has 0 radical (unpaired) electrons. The van der Waals surface area contributed by atoms with Crippen molar-refractivity contribution in [2.45, 2.75) is 117 Å². The number of amides is 3. The van der Waals surface area contributed by atoms with Crippen LogP contribution >= 0.6 is 0 Å². The predicted octanol–water partition coefficient (Wildman–Crippen LogP) is 5.27. The van der Waals surface area contributed by atoms with Gasteiger partial charge in [-0.05, 0) is 85.6 Å². The van der Waals surface area contributed by atoms with Gasteiger partial charge in [-0.2, -0.15) is 0 Å². The Morgan fingerprint density at radius 1 is 1.09 bits per heavy atom. The molecule has 1 aliphatic carbocycles. The van der Waals surface area contributed by atoms with E-state index < -0.39 is 29.3 Å². The van der Waals surface area contributed by atoms with Gasteiger partial charge in [0.05, 0.1) is 0 Å². The largest absolute Gasteiger partial charge is 0.444 e. The molecule has 1 aromatic rings. The highest BCUT2D eigenvalue weighted by Gasteiger charge is 2.42. The van der Waals surface area contributed by atoms with E-state index in [-0.39, 0.29) is 23.8 Å². The Bertz CT molecular complexity index is 894. The van der Waals surface area contributed by atoms with E-state index in [1.165, 1.54) is 0 Å². The molecule has 7 nitrogen and oxygen atoms in total. The Morgan fingerprint density at radius 2 is 1.71 bits per heavy atom. The maximum Gasteiger partial charge on any atom is 0.408 e. The van der Waals surface area contributed by atoms with Gasteiger partial charge in [0, 0.05) is 11.6 Å². The lowest BCUT2D eigenvalue weighted by Crippen LogP contribution is -2.58. The first-order chi connectivity index (χ1) is 16.1. The molecule has 35 heavy (non-hydrogen) atoms. The van der Waals surface area contributed by atoms with Crippen molar-refractivity contribution in [2.24, 2.45) is 5.92 Å². The summed E-state index contributed by atoms with van der Waals surface area (Å²) in [6, 6.07) is 6.11. The maximum absolute atomic E-state index is 14.2. The molecule has 1 aliphatic rings. The van der Waals surface area contributed by atoms with Crippen LogP contribution in [0.5, 0.6) is 0 Å². The van der Waals surface area contributed by atoms with Crippen molar-refractivity contribution < 1.29 is 19.1 Å². The fourth-order valence-corrected chi connectivity index (χ4v) is 4.22.